The van der Waals surface area contributed by atoms with Crippen LogP contribution in [0.1, 0.15) is 23.2 Å². The quantitative estimate of drug-likeness (QED) is 0.564. The van der Waals surface area contributed by atoms with Crippen LogP contribution in [0.25, 0.3) is 16.9 Å². The van der Waals surface area contributed by atoms with Crippen LogP contribution in [0, 0.1) is 18.6 Å². The van der Waals surface area contributed by atoms with Crippen LogP contribution < -0.4 is 5.14 Å². The third-order valence-corrected chi connectivity index (χ3v) is 5.26. The Kier molecular flexibility index (Phi) is 5.61. The van der Waals surface area contributed by atoms with Gasteiger partial charge in [-0.15, -0.1) is 0 Å². The van der Waals surface area contributed by atoms with E-state index in [9.17, 15) is 39.2 Å². The van der Waals surface area contributed by atoms with Crippen molar-refractivity contribution in [3.05, 3.63) is 64.9 Å². The van der Waals surface area contributed by atoms with Gasteiger partial charge in [0.25, 0.3) is 6.43 Å². The predicted molar refractivity (Wildman–Crippen MR) is 95.0 cm³/mol. The number of halogens is 7. The molecule has 0 radical (unpaired) electrons. The predicted octanol–water partition coefficient (Wildman–Crippen LogP) is 4.73. The SMILES string of the molecule is Cc1ccc(-n2nc(C(F)F)cc2-c2cc(F)c(S(N)(=O)=O)c(F)c2)cc1C(F)(F)F. The molecule has 0 spiro atoms. The van der Waals surface area contributed by atoms with Crippen molar-refractivity contribution in [1.29, 1.82) is 0 Å². The van der Waals surface area contributed by atoms with E-state index in [1.54, 1.807) is 0 Å². The first kappa shape index (κ1) is 22.7. The van der Waals surface area contributed by atoms with E-state index in [0.29, 0.717) is 22.9 Å². The second kappa shape index (κ2) is 7.64. The highest BCUT2D eigenvalue weighted by Gasteiger charge is 2.33. The third kappa shape index (κ3) is 4.42. The van der Waals surface area contributed by atoms with E-state index >= 15 is 0 Å². The summed E-state index contributed by atoms with van der Waals surface area (Å²) >= 11 is 0. The van der Waals surface area contributed by atoms with Crippen molar-refractivity contribution in [2.24, 2.45) is 5.14 Å². The maximum atomic E-state index is 14.2. The molecule has 13 heteroatoms. The normalized spacial score (nSPS) is 12.6. The Hall–Kier alpha value is -2.93. The summed E-state index contributed by atoms with van der Waals surface area (Å²) in [6, 6.07) is 4.61. The number of aryl methyl sites for hydroxylation is 1. The number of sulfonamides is 1. The van der Waals surface area contributed by atoms with Crippen LogP contribution in [-0.2, 0) is 16.2 Å². The van der Waals surface area contributed by atoms with Crippen molar-refractivity contribution in [3.63, 3.8) is 0 Å². The van der Waals surface area contributed by atoms with Gasteiger partial charge in [-0.1, -0.05) is 6.07 Å². The number of alkyl halides is 5. The van der Waals surface area contributed by atoms with Crippen molar-refractivity contribution in [2.45, 2.75) is 24.4 Å². The highest BCUT2D eigenvalue weighted by Crippen LogP contribution is 2.35. The van der Waals surface area contributed by atoms with Gasteiger partial charge in [0.2, 0.25) is 10.0 Å². The lowest BCUT2D eigenvalue weighted by Gasteiger charge is -2.14. The number of nitrogens with zero attached hydrogens (tertiary/aromatic N) is 2. The fraction of sp³-hybridized carbons (Fsp3) is 0.167. The minimum absolute atomic E-state index is 0.145. The van der Waals surface area contributed by atoms with Crippen molar-refractivity contribution in [1.82, 2.24) is 9.78 Å². The molecule has 0 unspecified atom stereocenters. The lowest BCUT2D eigenvalue weighted by Crippen LogP contribution is -2.16. The summed E-state index contributed by atoms with van der Waals surface area (Å²) in [5.74, 6) is -3.22. The average molecular weight is 467 g/mol. The topological polar surface area (TPSA) is 78.0 Å². The first-order valence-corrected chi connectivity index (χ1v) is 9.83. The molecule has 2 N–H and O–H groups in total. The molecule has 3 rings (SSSR count). The maximum absolute atomic E-state index is 14.2. The van der Waals surface area contributed by atoms with Gasteiger partial charge >= 0.3 is 6.18 Å². The molecule has 0 amide bonds. The van der Waals surface area contributed by atoms with Crippen LogP contribution in [-0.4, -0.2) is 18.2 Å². The molecule has 166 valence electrons. The summed E-state index contributed by atoms with van der Waals surface area (Å²) in [6.07, 6.45) is -7.90. The van der Waals surface area contributed by atoms with Gasteiger partial charge in [0, 0.05) is 5.56 Å². The third-order valence-electron chi connectivity index (χ3n) is 4.30. The van der Waals surface area contributed by atoms with Gasteiger partial charge in [-0.2, -0.15) is 18.3 Å². The molecule has 0 aliphatic carbocycles. The van der Waals surface area contributed by atoms with Gasteiger partial charge in [-0.3, -0.25) is 0 Å². The van der Waals surface area contributed by atoms with Gasteiger partial charge in [0.05, 0.1) is 16.9 Å². The number of benzene rings is 2. The summed E-state index contributed by atoms with van der Waals surface area (Å²) < 4.78 is 118. The lowest BCUT2D eigenvalue weighted by atomic mass is 10.1. The van der Waals surface area contributed by atoms with Crippen LogP contribution in [0.4, 0.5) is 30.7 Å². The number of hydrogen-bond acceptors (Lipinski definition) is 3. The molecule has 5 nitrogen and oxygen atoms in total. The van der Waals surface area contributed by atoms with Crippen molar-refractivity contribution < 1.29 is 39.2 Å². The molecule has 1 heterocycles. The molecule has 0 atom stereocenters. The summed E-state index contributed by atoms with van der Waals surface area (Å²) in [6.45, 7) is 1.19. The molecule has 0 saturated carbocycles. The Morgan fingerprint density at radius 2 is 1.61 bits per heavy atom. The summed E-state index contributed by atoms with van der Waals surface area (Å²) in [5.41, 5.74) is -3.24. The Morgan fingerprint density at radius 1 is 1.03 bits per heavy atom. The zero-order valence-electron chi connectivity index (χ0n) is 15.4. The Balaban J connectivity index is 2.28. The molecule has 0 bridgehead atoms. The molecule has 1 aromatic heterocycles. The molecule has 3 aromatic rings. The zero-order chi connectivity index (χ0) is 23.3. The zero-order valence-corrected chi connectivity index (χ0v) is 16.2. The van der Waals surface area contributed by atoms with Gasteiger partial charge in [0.1, 0.15) is 17.3 Å². The molecular formula is C18H12F7N3O2S. The Morgan fingerprint density at radius 3 is 2.10 bits per heavy atom. The Bertz CT molecular complexity index is 1240. The first-order chi connectivity index (χ1) is 14.2. The molecule has 0 fully saturated rings. The van der Waals surface area contributed by atoms with E-state index in [1.165, 1.54) is 6.92 Å². The minimum atomic E-state index is -4.78. The monoisotopic (exact) mass is 467 g/mol. The van der Waals surface area contributed by atoms with Crippen molar-refractivity contribution >= 4 is 10.0 Å². The number of aromatic nitrogens is 2. The Labute approximate surface area is 171 Å². The molecule has 0 aliphatic heterocycles. The van der Waals surface area contributed by atoms with Gasteiger partial charge in [0.15, 0.2) is 4.90 Å². The van der Waals surface area contributed by atoms with E-state index in [0.717, 1.165) is 18.2 Å². The summed E-state index contributed by atoms with van der Waals surface area (Å²) in [7, 11) is -4.78. The van der Waals surface area contributed by atoms with E-state index in [2.05, 4.69) is 5.10 Å². The van der Waals surface area contributed by atoms with Crippen LogP contribution in [0.5, 0.6) is 0 Å². The van der Waals surface area contributed by atoms with Crippen LogP contribution in [0.15, 0.2) is 41.3 Å². The van der Waals surface area contributed by atoms with Crippen molar-refractivity contribution in [3.8, 4) is 16.9 Å². The summed E-state index contributed by atoms with van der Waals surface area (Å²) in [5, 5.41) is 8.30. The van der Waals surface area contributed by atoms with Crippen LogP contribution in [0.2, 0.25) is 0 Å². The first-order valence-electron chi connectivity index (χ1n) is 8.28. The summed E-state index contributed by atoms with van der Waals surface area (Å²) in [4.78, 5) is -1.44. The smallest absolute Gasteiger partial charge is 0.233 e. The molecule has 2 aromatic carbocycles. The molecular weight excluding hydrogens is 455 g/mol. The maximum Gasteiger partial charge on any atom is 0.416 e. The van der Waals surface area contributed by atoms with Crippen LogP contribution in [0.3, 0.4) is 0 Å². The van der Waals surface area contributed by atoms with Gasteiger partial charge < -0.3 is 0 Å². The number of hydrogen-bond donors (Lipinski definition) is 1. The van der Waals surface area contributed by atoms with E-state index in [4.69, 9.17) is 5.14 Å². The second-order valence-electron chi connectivity index (χ2n) is 6.48. The second-order valence-corrected chi connectivity index (χ2v) is 7.98. The van der Waals surface area contributed by atoms with Crippen LogP contribution >= 0.6 is 0 Å². The fourth-order valence-electron chi connectivity index (χ4n) is 2.94. The highest BCUT2D eigenvalue weighted by molar-refractivity contribution is 7.89. The molecule has 31 heavy (non-hydrogen) atoms. The molecule has 0 aliphatic rings. The largest absolute Gasteiger partial charge is 0.416 e. The number of nitrogens with two attached hydrogens (primary N) is 1. The van der Waals surface area contributed by atoms with E-state index in [-0.39, 0.29) is 11.3 Å². The van der Waals surface area contributed by atoms with Crippen molar-refractivity contribution in [2.75, 3.05) is 0 Å². The molecule has 0 saturated heterocycles. The standard InChI is InChI=1S/C18H12F7N3O2S/c1-8-2-3-10(6-11(8)18(23,24)25)28-15(7-14(27-28)17(21)22)9-4-12(19)16(13(20)5-9)31(26,29)30/h2-7,17H,1H3,(H2,26,29,30). The highest BCUT2D eigenvalue weighted by atomic mass is 32.2. The number of rotatable bonds is 4. The lowest BCUT2D eigenvalue weighted by molar-refractivity contribution is -0.138. The van der Waals surface area contributed by atoms with Gasteiger partial charge in [-0.25, -0.2) is 35.8 Å². The van der Waals surface area contributed by atoms with E-state index in [1.807, 2.05) is 0 Å². The average Bonchev–Trinajstić information content (AvgIpc) is 3.05. The van der Waals surface area contributed by atoms with Gasteiger partial charge in [-0.05, 0) is 42.8 Å². The minimum Gasteiger partial charge on any atom is -0.233 e. The fourth-order valence-corrected chi connectivity index (χ4v) is 3.60. The van der Waals surface area contributed by atoms with E-state index < -0.39 is 61.7 Å². The number of primary sulfonamides is 1.